The van der Waals surface area contributed by atoms with Crippen molar-refractivity contribution in [3.8, 4) is 22.1 Å². The molecule has 0 aliphatic rings. The molecule has 0 bridgehead atoms. The van der Waals surface area contributed by atoms with Crippen molar-refractivity contribution in [2.45, 2.75) is 6.54 Å². The Labute approximate surface area is 268 Å². The van der Waals surface area contributed by atoms with Gasteiger partial charge in [0.2, 0.25) is 5.13 Å². The molecule has 1 aromatic heterocycles. The van der Waals surface area contributed by atoms with E-state index in [0.717, 1.165) is 32.9 Å². The molecule has 0 aliphatic carbocycles. The standard InChI is InChI=1S/C31H20BrCl2N3O5S/c32-25-13-18(7-8-19(25)9-12-28(38)39)17-37(22-10-11-26(33)27(34)16-22)31-36-35-29(43-31)20-3-1-5-23(14-20)42-24-6-2-4-21(15-24)30(40)41/h1-16H,17H2,(H,38,39)(H,40,41). The zero-order chi connectivity index (χ0) is 30.5. The minimum absolute atomic E-state index is 0.128. The Bertz CT molecular complexity index is 1860. The fraction of sp³-hybridized carbons (Fsp3) is 0.0323. The van der Waals surface area contributed by atoms with E-state index in [4.69, 9.17) is 33.0 Å². The summed E-state index contributed by atoms with van der Waals surface area (Å²) in [6.07, 6.45) is 2.60. The molecule has 0 atom stereocenters. The van der Waals surface area contributed by atoms with E-state index in [1.807, 2.05) is 47.4 Å². The quantitative estimate of drug-likeness (QED) is 0.139. The number of aromatic carboxylic acids is 1. The maximum atomic E-state index is 11.3. The van der Waals surface area contributed by atoms with Crippen molar-refractivity contribution in [3.63, 3.8) is 0 Å². The number of carbonyl (C=O) groups is 2. The van der Waals surface area contributed by atoms with Crippen molar-refractivity contribution in [1.82, 2.24) is 10.2 Å². The second-order valence-corrected chi connectivity index (χ2v) is 11.7. The number of anilines is 2. The predicted octanol–water partition coefficient (Wildman–Crippen LogP) is 9.20. The number of ether oxygens (including phenoxy) is 1. The Kier molecular flexibility index (Phi) is 9.42. The van der Waals surface area contributed by atoms with E-state index in [1.54, 1.807) is 30.3 Å². The smallest absolute Gasteiger partial charge is 0.335 e. The van der Waals surface area contributed by atoms with E-state index in [1.165, 1.54) is 29.5 Å². The Morgan fingerprint density at radius 3 is 2.40 bits per heavy atom. The number of rotatable bonds is 10. The van der Waals surface area contributed by atoms with Crippen LogP contribution in [0.25, 0.3) is 16.6 Å². The first-order valence-corrected chi connectivity index (χ1v) is 14.9. The molecule has 0 saturated heterocycles. The summed E-state index contributed by atoms with van der Waals surface area (Å²) in [6, 6.07) is 24.5. The van der Waals surface area contributed by atoms with Crippen LogP contribution in [0.2, 0.25) is 10.0 Å². The molecule has 0 radical (unpaired) electrons. The fourth-order valence-electron chi connectivity index (χ4n) is 4.03. The van der Waals surface area contributed by atoms with Gasteiger partial charge in [-0.2, -0.15) is 0 Å². The third kappa shape index (κ3) is 7.60. The first-order valence-electron chi connectivity index (χ1n) is 12.5. The summed E-state index contributed by atoms with van der Waals surface area (Å²) in [5.74, 6) is -1.15. The van der Waals surface area contributed by atoms with Crippen LogP contribution in [0.15, 0.2) is 95.5 Å². The molecule has 5 rings (SSSR count). The average molecular weight is 697 g/mol. The van der Waals surface area contributed by atoms with E-state index < -0.39 is 11.9 Å². The largest absolute Gasteiger partial charge is 0.478 e. The third-order valence-corrected chi connectivity index (χ3v) is 8.49. The highest BCUT2D eigenvalue weighted by Crippen LogP contribution is 2.38. The van der Waals surface area contributed by atoms with E-state index in [0.29, 0.717) is 38.2 Å². The molecule has 12 heteroatoms. The Morgan fingerprint density at radius 2 is 1.67 bits per heavy atom. The highest BCUT2D eigenvalue weighted by Gasteiger charge is 2.18. The molecular weight excluding hydrogens is 677 g/mol. The van der Waals surface area contributed by atoms with Crippen molar-refractivity contribution in [1.29, 1.82) is 0 Å². The molecule has 1 heterocycles. The first kappa shape index (κ1) is 30.2. The average Bonchev–Trinajstić information content (AvgIpc) is 3.47. The summed E-state index contributed by atoms with van der Waals surface area (Å²) >= 11 is 17.5. The summed E-state index contributed by atoms with van der Waals surface area (Å²) in [7, 11) is 0. The number of nitrogens with zero attached hydrogens (tertiary/aromatic N) is 3. The second-order valence-electron chi connectivity index (χ2n) is 9.06. The van der Waals surface area contributed by atoms with Crippen LogP contribution in [-0.2, 0) is 11.3 Å². The van der Waals surface area contributed by atoms with Crippen LogP contribution >= 0.6 is 50.5 Å². The number of carboxylic acid groups (broad SMARTS) is 2. The number of aromatic nitrogens is 2. The minimum atomic E-state index is -1.04. The van der Waals surface area contributed by atoms with Crippen molar-refractivity contribution in [2.24, 2.45) is 0 Å². The molecule has 0 aliphatic heterocycles. The van der Waals surface area contributed by atoms with Gasteiger partial charge >= 0.3 is 11.9 Å². The van der Waals surface area contributed by atoms with Gasteiger partial charge in [-0.05, 0) is 71.8 Å². The Hall–Kier alpha value is -4.22. The van der Waals surface area contributed by atoms with Crippen molar-refractivity contribution >= 4 is 79.3 Å². The van der Waals surface area contributed by atoms with Crippen LogP contribution in [0.4, 0.5) is 10.8 Å². The molecule has 43 heavy (non-hydrogen) atoms. The number of benzene rings is 4. The molecule has 0 spiro atoms. The summed E-state index contributed by atoms with van der Waals surface area (Å²) in [4.78, 5) is 24.2. The molecular formula is C31H20BrCl2N3O5S. The molecule has 0 saturated carbocycles. The zero-order valence-electron chi connectivity index (χ0n) is 21.9. The number of halogens is 3. The normalized spacial score (nSPS) is 11.0. The lowest BCUT2D eigenvalue weighted by atomic mass is 10.1. The van der Waals surface area contributed by atoms with Gasteiger partial charge in [-0.15, -0.1) is 10.2 Å². The van der Waals surface area contributed by atoms with Gasteiger partial charge in [0, 0.05) is 21.8 Å². The van der Waals surface area contributed by atoms with Gasteiger partial charge in [0.25, 0.3) is 0 Å². The summed E-state index contributed by atoms with van der Waals surface area (Å²) in [5.41, 5.74) is 3.28. The lowest BCUT2D eigenvalue weighted by Crippen LogP contribution is -2.16. The molecule has 216 valence electrons. The second kappa shape index (κ2) is 13.4. The van der Waals surface area contributed by atoms with Gasteiger partial charge in [0.1, 0.15) is 16.5 Å². The maximum Gasteiger partial charge on any atom is 0.335 e. The number of hydrogen-bond acceptors (Lipinski definition) is 7. The van der Waals surface area contributed by atoms with Crippen molar-refractivity contribution in [2.75, 3.05) is 4.90 Å². The highest BCUT2D eigenvalue weighted by molar-refractivity contribution is 9.10. The van der Waals surface area contributed by atoms with Gasteiger partial charge in [-0.25, -0.2) is 9.59 Å². The topological polar surface area (TPSA) is 113 Å². The third-order valence-electron chi connectivity index (χ3n) is 6.07. The van der Waals surface area contributed by atoms with Gasteiger partial charge in [0.05, 0.1) is 22.2 Å². The van der Waals surface area contributed by atoms with Crippen LogP contribution in [0.5, 0.6) is 11.5 Å². The molecule has 0 amide bonds. The number of carboxylic acids is 2. The Morgan fingerprint density at radius 1 is 0.907 bits per heavy atom. The van der Waals surface area contributed by atoms with E-state index in [-0.39, 0.29) is 5.56 Å². The maximum absolute atomic E-state index is 11.3. The number of aliphatic carboxylic acids is 1. The van der Waals surface area contributed by atoms with Gasteiger partial charge in [0.15, 0.2) is 0 Å². The van der Waals surface area contributed by atoms with Gasteiger partial charge in [-0.1, -0.05) is 80.8 Å². The number of hydrogen-bond donors (Lipinski definition) is 2. The lowest BCUT2D eigenvalue weighted by molar-refractivity contribution is -0.131. The minimum Gasteiger partial charge on any atom is -0.478 e. The molecule has 2 N–H and O–H groups in total. The summed E-state index contributed by atoms with van der Waals surface area (Å²) < 4.78 is 6.66. The van der Waals surface area contributed by atoms with E-state index >= 15 is 0 Å². The molecule has 0 fully saturated rings. The van der Waals surface area contributed by atoms with Gasteiger partial charge < -0.3 is 19.8 Å². The zero-order valence-corrected chi connectivity index (χ0v) is 25.9. The van der Waals surface area contributed by atoms with Crippen LogP contribution in [0.1, 0.15) is 21.5 Å². The van der Waals surface area contributed by atoms with E-state index in [2.05, 4.69) is 26.1 Å². The molecule has 4 aromatic carbocycles. The first-order chi connectivity index (χ1) is 20.7. The monoisotopic (exact) mass is 695 g/mol. The van der Waals surface area contributed by atoms with Crippen molar-refractivity contribution in [3.05, 3.63) is 122 Å². The summed E-state index contributed by atoms with van der Waals surface area (Å²) in [5, 5.41) is 29.2. The lowest BCUT2D eigenvalue weighted by Gasteiger charge is -2.22. The van der Waals surface area contributed by atoms with Crippen LogP contribution in [0.3, 0.4) is 0 Å². The summed E-state index contributed by atoms with van der Waals surface area (Å²) in [6.45, 7) is 0.400. The SMILES string of the molecule is O=C(O)C=Cc1ccc(CN(c2ccc(Cl)c(Cl)c2)c2nnc(-c3cccc(Oc4cccc(C(=O)O)c4)c3)s2)cc1Br. The molecule has 8 nitrogen and oxygen atoms in total. The van der Waals surface area contributed by atoms with Gasteiger partial charge in [-0.3, -0.25) is 0 Å². The molecule has 5 aromatic rings. The van der Waals surface area contributed by atoms with Crippen molar-refractivity contribution < 1.29 is 24.5 Å². The Balaban J connectivity index is 1.45. The fourth-order valence-corrected chi connectivity index (χ4v) is 5.74. The van der Waals surface area contributed by atoms with E-state index in [9.17, 15) is 14.7 Å². The molecule has 0 unspecified atom stereocenters. The van der Waals surface area contributed by atoms with Crippen LogP contribution in [0, 0.1) is 0 Å². The van der Waals surface area contributed by atoms with Crippen LogP contribution < -0.4 is 9.64 Å². The highest BCUT2D eigenvalue weighted by atomic mass is 79.9. The predicted molar refractivity (Wildman–Crippen MR) is 172 cm³/mol. The van der Waals surface area contributed by atoms with Crippen LogP contribution in [-0.4, -0.2) is 32.3 Å².